The van der Waals surface area contributed by atoms with Crippen molar-refractivity contribution in [1.29, 1.82) is 0 Å². The monoisotopic (exact) mass is 338 g/mol. The van der Waals surface area contributed by atoms with Crippen LogP contribution in [-0.2, 0) is 4.74 Å². The van der Waals surface area contributed by atoms with E-state index in [1.165, 1.54) is 6.42 Å². The topological polar surface area (TPSA) is 92.4 Å². The first-order valence-corrected chi connectivity index (χ1v) is 8.27. The van der Waals surface area contributed by atoms with E-state index in [0.29, 0.717) is 23.3 Å². The largest absolute Gasteiger partial charge is 0.394 e. The molecule has 2 aromatic heterocycles. The van der Waals surface area contributed by atoms with Gasteiger partial charge in [0.2, 0.25) is 0 Å². The van der Waals surface area contributed by atoms with Crippen LogP contribution in [-0.4, -0.2) is 49.6 Å². The standard InChI is InChI=1S/C15H19ClN4O3/c16-12-4-9(18-8-2-1-3-8)14-15(19-12)20(7-17-14)13-5-10(22)11(6-21)23-13/h4,7-8,10-11,13,21-22H,1-3,5-6H2,(H,18,19)/t10-,11+,13+/m0/s1. The van der Waals surface area contributed by atoms with E-state index in [1.807, 2.05) is 0 Å². The number of halogens is 1. The number of hydrogen-bond donors (Lipinski definition) is 3. The van der Waals surface area contributed by atoms with Gasteiger partial charge in [0.25, 0.3) is 0 Å². The highest BCUT2D eigenvalue weighted by Crippen LogP contribution is 2.34. The minimum atomic E-state index is -0.700. The summed E-state index contributed by atoms with van der Waals surface area (Å²) in [6.07, 6.45) is 3.89. The highest BCUT2D eigenvalue weighted by atomic mass is 35.5. The van der Waals surface area contributed by atoms with E-state index >= 15 is 0 Å². The molecule has 0 unspecified atom stereocenters. The van der Waals surface area contributed by atoms with Gasteiger partial charge in [-0.15, -0.1) is 0 Å². The average Bonchev–Trinajstić information content (AvgIpc) is 3.05. The molecule has 3 atom stereocenters. The maximum Gasteiger partial charge on any atom is 0.165 e. The van der Waals surface area contributed by atoms with E-state index in [1.54, 1.807) is 17.0 Å². The molecule has 2 aromatic rings. The molecule has 7 nitrogen and oxygen atoms in total. The van der Waals surface area contributed by atoms with Gasteiger partial charge in [-0.1, -0.05) is 11.6 Å². The minimum Gasteiger partial charge on any atom is -0.394 e. The second-order valence-corrected chi connectivity index (χ2v) is 6.59. The zero-order valence-electron chi connectivity index (χ0n) is 12.5. The van der Waals surface area contributed by atoms with Crippen LogP contribution in [0.15, 0.2) is 12.4 Å². The summed E-state index contributed by atoms with van der Waals surface area (Å²) in [5.74, 6) is 0. The molecule has 8 heteroatoms. The van der Waals surface area contributed by atoms with Crippen molar-refractivity contribution in [2.75, 3.05) is 11.9 Å². The van der Waals surface area contributed by atoms with E-state index < -0.39 is 18.4 Å². The van der Waals surface area contributed by atoms with Crippen LogP contribution >= 0.6 is 11.6 Å². The molecule has 2 fully saturated rings. The number of aromatic nitrogens is 3. The van der Waals surface area contributed by atoms with E-state index in [4.69, 9.17) is 16.3 Å². The zero-order chi connectivity index (χ0) is 16.0. The molecule has 1 saturated carbocycles. The molecule has 0 amide bonds. The van der Waals surface area contributed by atoms with Gasteiger partial charge in [0.15, 0.2) is 5.65 Å². The van der Waals surface area contributed by atoms with Crippen molar-refractivity contribution < 1.29 is 14.9 Å². The summed E-state index contributed by atoms with van der Waals surface area (Å²) in [4.78, 5) is 8.82. The van der Waals surface area contributed by atoms with E-state index in [2.05, 4.69) is 15.3 Å². The number of pyridine rings is 1. The molecule has 0 radical (unpaired) electrons. The molecular weight excluding hydrogens is 320 g/mol. The predicted octanol–water partition coefficient (Wildman–Crippen LogP) is 1.69. The van der Waals surface area contributed by atoms with Gasteiger partial charge in [-0.05, 0) is 19.3 Å². The highest BCUT2D eigenvalue weighted by molar-refractivity contribution is 6.30. The molecular formula is C15H19ClN4O3. The third-order valence-electron chi connectivity index (χ3n) is 4.66. The van der Waals surface area contributed by atoms with Crippen molar-refractivity contribution in [2.24, 2.45) is 0 Å². The third kappa shape index (κ3) is 2.67. The van der Waals surface area contributed by atoms with Crippen LogP contribution in [0.2, 0.25) is 5.15 Å². The number of imidazole rings is 1. The Morgan fingerprint density at radius 3 is 2.91 bits per heavy atom. The molecule has 3 heterocycles. The van der Waals surface area contributed by atoms with Crippen molar-refractivity contribution in [3.8, 4) is 0 Å². The normalized spacial score (nSPS) is 28.2. The summed E-state index contributed by atoms with van der Waals surface area (Å²) in [5, 5.41) is 23.0. The van der Waals surface area contributed by atoms with Crippen molar-refractivity contribution in [3.05, 3.63) is 17.5 Å². The molecule has 0 aromatic carbocycles. The first-order chi connectivity index (χ1) is 11.2. The second kappa shape index (κ2) is 5.90. The lowest BCUT2D eigenvalue weighted by Gasteiger charge is -2.27. The average molecular weight is 339 g/mol. The number of nitrogens with zero attached hydrogens (tertiary/aromatic N) is 3. The van der Waals surface area contributed by atoms with Crippen LogP contribution in [0.3, 0.4) is 0 Å². The van der Waals surface area contributed by atoms with Crippen LogP contribution < -0.4 is 5.32 Å². The van der Waals surface area contributed by atoms with E-state index in [9.17, 15) is 10.2 Å². The van der Waals surface area contributed by atoms with E-state index in [-0.39, 0.29) is 6.61 Å². The Balaban J connectivity index is 1.68. The van der Waals surface area contributed by atoms with Crippen LogP contribution in [0.4, 0.5) is 5.69 Å². The number of ether oxygens (including phenoxy) is 1. The molecule has 1 aliphatic carbocycles. The second-order valence-electron chi connectivity index (χ2n) is 6.20. The summed E-state index contributed by atoms with van der Waals surface area (Å²) >= 11 is 6.17. The molecule has 0 bridgehead atoms. The van der Waals surface area contributed by atoms with Gasteiger partial charge in [0.05, 0.1) is 24.7 Å². The summed E-state index contributed by atoms with van der Waals surface area (Å²) in [5.41, 5.74) is 2.24. The van der Waals surface area contributed by atoms with Crippen LogP contribution in [0, 0.1) is 0 Å². The molecule has 2 aliphatic rings. The lowest BCUT2D eigenvalue weighted by molar-refractivity contribution is -0.0432. The number of nitrogens with one attached hydrogen (secondary N) is 1. The number of anilines is 1. The van der Waals surface area contributed by atoms with Gasteiger partial charge < -0.3 is 20.3 Å². The van der Waals surface area contributed by atoms with Crippen LogP contribution in [0.5, 0.6) is 0 Å². The van der Waals surface area contributed by atoms with Gasteiger partial charge in [0, 0.05) is 18.5 Å². The SMILES string of the molecule is OC[C@H]1O[C@@H](n2cnc3c(NC4CCC4)cc(Cl)nc32)C[C@@H]1O. The summed E-state index contributed by atoms with van der Waals surface area (Å²) in [7, 11) is 0. The third-order valence-corrected chi connectivity index (χ3v) is 4.85. The smallest absolute Gasteiger partial charge is 0.165 e. The number of hydrogen-bond acceptors (Lipinski definition) is 6. The highest BCUT2D eigenvalue weighted by Gasteiger charge is 2.35. The van der Waals surface area contributed by atoms with Crippen molar-refractivity contribution >= 4 is 28.5 Å². The lowest BCUT2D eigenvalue weighted by Crippen LogP contribution is -2.27. The number of fused-ring (bicyclic) bond motifs is 1. The van der Waals surface area contributed by atoms with Gasteiger partial charge in [0.1, 0.15) is 23.0 Å². The molecule has 23 heavy (non-hydrogen) atoms. The quantitative estimate of drug-likeness (QED) is 0.735. The summed E-state index contributed by atoms with van der Waals surface area (Å²) in [6, 6.07) is 2.26. The Bertz CT molecular complexity index is 718. The molecule has 3 N–H and O–H groups in total. The fourth-order valence-electron chi connectivity index (χ4n) is 3.12. The first-order valence-electron chi connectivity index (χ1n) is 7.89. The van der Waals surface area contributed by atoms with Gasteiger partial charge in [-0.3, -0.25) is 4.57 Å². The maximum absolute atomic E-state index is 9.92. The maximum atomic E-state index is 9.92. The summed E-state index contributed by atoms with van der Waals surface area (Å²) < 4.78 is 7.46. The Labute approximate surface area is 138 Å². The fraction of sp³-hybridized carbons (Fsp3) is 0.600. The Hall–Kier alpha value is -1.41. The van der Waals surface area contributed by atoms with Crippen molar-refractivity contribution in [2.45, 2.75) is 50.2 Å². The Kier molecular flexibility index (Phi) is 3.88. The number of aliphatic hydroxyl groups is 2. The van der Waals surface area contributed by atoms with E-state index in [0.717, 1.165) is 24.0 Å². The fourth-order valence-corrected chi connectivity index (χ4v) is 3.31. The van der Waals surface area contributed by atoms with Gasteiger partial charge in [-0.2, -0.15) is 0 Å². The molecule has 124 valence electrons. The van der Waals surface area contributed by atoms with Gasteiger partial charge in [-0.25, -0.2) is 9.97 Å². The van der Waals surface area contributed by atoms with Crippen molar-refractivity contribution in [1.82, 2.24) is 14.5 Å². The number of aliphatic hydroxyl groups excluding tert-OH is 2. The van der Waals surface area contributed by atoms with Crippen LogP contribution in [0.25, 0.3) is 11.2 Å². The zero-order valence-corrected chi connectivity index (χ0v) is 13.3. The molecule has 0 spiro atoms. The molecule has 1 saturated heterocycles. The Morgan fingerprint density at radius 1 is 1.43 bits per heavy atom. The predicted molar refractivity (Wildman–Crippen MR) is 85.4 cm³/mol. The van der Waals surface area contributed by atoms with Crippen LogP contribution in [0.1, 0.15) is 31.9 Å². The first kappa shape index (κ1) is 15.1. The minimum absolute atomic E-state index is 0.215. The Morgan fingerprint density at radius 2 is 2.26 bits per heavy atom. The molecule has 1 aliphatic heterocycles. The number of rotatable bonds is 4. The van der Waals surface area contributed by atoms with Gasteiger partial charge >= 0.3 is 0 Å². The molecule has 4 rings (SSSR count). The van der Waals surface area contributed by atoms with Crippen molar-refractivity contribution in [3.63, 3.8) is 0 Å². The lowest BCUT2D eigenvalue weighted by atomic mass is 9.93. The summed E-state index contributed by atoms with van der Waals surface area (Å²) in [6.45, 7) is -0.215.